The van der Waals surface area contributed by atoms with E-state index in [1.165, 1.54) is 5.56 Å². The number of hydrogen-bond acceptors (Lipinski definition) is 4. The molecule has 1 saturated heterocycles. The molecule has 2 aliphatic rings. The van der Waals surface area contributed by atoms with E-state index >= 15 is 0 Å². The summed E-state index contributed by atoms with van der Waals surface area (Å²) in [5.74, 6) is 0.728. The number of likely N-dealkylation sites (tertiary alicyclic amines) is 1. The summed E-state index contributed by atoms with van der Waals surface area (Å²) in [6.45, 7) is 15.0. The maximum absolute atomic E-state index is 10.0. The van der Waals surface area contributed by atoms with Crippen LogP contribution in [0.15, 0.2) is 54.3 Å². The third kappa shape index (κ3) is 5.82. The summed E-state index contributed by atoms with van der Waals surface area (Å²) in [5.41, 5.74) is 2.42. The molecule has 0 radical (unpaired) electrons. The van der Waals surface area contributed by atoms with Gasteiger partial charge in [-0.3, -0.25) is 4.90 Å². The van der Waals surface area contributed by atoms with Crippen LogP contribution in [-0.2, 0) is 11.0 Å². The van der Waals surface area contributed by atoms with Crippen LogP contribution < -0.4 is 5.32 Å². The highest BCUT2D eigenvalue weighted by Gasteiger charge is 2.44. The summed E-state index contributed by atoms with van der Waals surface area (Å²) in [7, 11) is -1.77. The van der Waals surface area contributed by atoms with E-state index in [9.17, 15) is 5.11 Å². The molecule has 2 heterocycles. The molecule has 3 atom stereocenters. The SMILES string of the molecule is CC(C)(C)[Si](C)(C)OCCC1CN(Cc2ccccc2)CC1C1=CC=CNC1(Cl)CO. The normalized spacial score (nSPS) is 27.3. The Morgan fingerprint density at radius 1 is 1.23 bits per heavy atom. The van der Waals surface area contributed by atoms with Crippen LogP contribution >= 0.6 is 11.6 Å². The fourth-order valence-corrected chi connectivity index (χ4v) is 5.69. The summed E-state index contributed by atoms with van der Waals surface area (Å²) < 4.78 is 6.51. The van der Waals surface area contributed by atoms with Crippen molar-refractivity contribution in [1.82, 2.24) is 10.2 Å². The van der Waals surface area contributed by atoms with Crippen LogP contribution in [0.1, 0.15) is 32.8 Å². The molecule has 1 aromatic rings. The topological polar surface area (TPSA) is 44.7 Å². The second-order valence-electron chi connectivity index (χ2n) is 10.5. The van der Waals surface area contributed by atoms with E-state index in [-0.39, 0.29) is 17.6 Å². The second-order valence-corrected chi connectivity index (χ2v) is 16.0. The average molecular weight is 463 g/mol. The fourth-order valence-electron chi connectivity index (χ4n) is 4.36. The zero-order valence-electron chi connectivity index (χ0n) is 19.7. The van der Waals surface area contributed by atoms with Gasteiger partial charge in [-0.05, 0) is 53.9 Å². The highest BCUT2D eigenvalue weighted by atomic mass is 35.5. The standard InChI is InChI=1S/C25H39ClN2O2Si/c1-24(2,3)31(4,5)30-15-13-21-17-28(16-20-10-7-6-8-11-20)18-22(21)23-12-9-14-27-25(23,26)19-29/h6-12,14,21-22,27,29H,13,15-19H2,1-5H3. The predicted molar refractivity (Wildman–Crippen MR) is 132 cm³/mol. The van der Waals surface area contributed by atoms with Crippen LogP contribution in [0.25, 0.3) is 0 Å². The number of benzene rings is 1. The number of rotatable bonds is 8. The van der Waals surface area contributed by atoms with Crippen molar-refractivity contribution >= 4 is 19.9 Å². The molecule has 0 saturated carbocycles. The quantitative estimate of drug-likeness (QED) is 0.320. The van der Waals surface area contributed by atoms with Gasteiger partial charge in [-0.25, -0.2) is 0 Å². The minimum absolute atomic E-state index is 0.132. The van der Waals surface area contributed by atoms with Gasteiger partial charge in [0, 0.05) is 32.2 Å². The molecule has 0 bridgehead atoms. The fraction of sp³-hybridized carbons (Fsp3) is 0.600. The average Bonchev–Trinajstić information content (AvgIpc) is 3.10. The smallest absolute Gasteiger partial charge is 0.191 e. The van der Waals surface area contributed by atoms with Gasteiger partial charge in [0.15, 0.2) is 13.3 Å². The van der Waals surface area contributed by atoms with E-state index in [0.29, 0.717) is 5.92 Å². The van der Waals surface area contributed by atoms with Crippen molar-refractivity contribution in [3.05, 3.63) is 59.8 Å². The number of dihydropyridines is 1. The van der Waals surface area contributed by atoms with E-state index < -0.39 is 13.3 Å². The van der Waals surface area contributed by atoms with Crippen LogP contribution in [0, 0.1) is 11.8 Å². The number of hydrogen-bond donors (Lipinski definition) is 2. The lowest BCUT2D eigenvalue weighted by molar-refractivity contribution is 0.222. The number of allylic oxidation sites excluding steroid dienone is 2. The number of nitrogens with zero attached hydrogens (tertiary/aromatic N) is 1. The molecule has 1 fully saturated rings. The van der Waals surface area contributed by atoms with Gasteiger partial charge in [-0.15, -0.1) is 0 Å². The first-order valence-corrected chi connectivity index (χ1v) is 14.7. The molecule has 0 amide bonds. The summed E-state index contributed by atoms with van der Waals surface area (Å²) in [6, 6.07) is 10.6. The Morgan fingerprint density at radius 3 is 2.58 bits per heavy atom. The first-order valence-electron chi connectivity index (χ1n) is 11.4. The largest absolute Gasteiger partial charge is 0.417 e. The van der Waals surface area contributed by atoms with Gasteiger partial charge in [-0.2, -0.15) is 0 Å². The molecule has 1 aromatic carbocycles. The lowest BCUT2D eigenvalue weighted by atomic mass is 9.82. The van der Waals surface area contributed by atoms with Crippen molar-refractivity contribution in [3.8, 4) is 0 Å². The van der Waals surface area contributed by atoms with Crippen molar-refractivity contribution in [2.45, 2.75) is 56.9 Å². The number of aliphatic hydroxyl groups excluding tert-OH is 1. The molecule has 3 rings (SSSR count). The molecule has 0 aromatic heterocycles. The zero-order chi connectivity index (χ0) is 22.7. The van der Waals surface area contributed by atoms with E-state index in [1.54, 1.807) is 0 Å². The highest BCUT2D eigenvalue weighted by molar-refractivity contribution is 6.74. The predicted octanol–water partition coefficient (Wildman–Crippen LogP) is 5.12. The molecule has 0 spiro atoms. The van der Waals surface area contributed by atoms with Crippen molar-refractivity contribution in [3.63, 3.8) is 0 Å². The van der Waals surface area contributed by atoms with Crippen LogP contribution in [0.5, 0.6) is 0 Å². The minimum Gasteiger partial charge on any atom is -0.417 e. The first-order chi connectivity index (χ1) is 14.6. The third-order valence-electron chi connectivity index (χ3n) is 7.28. The number of aliphatic hydroxyl groups is 1. The molecule has 4 nitrogen and oxygen atoms in total. The maximum atomic E-state index is 10.0. The molecule has 3 unspecified atom stereocenters. The Hall–Kier alpha value is -1.11. The van der Waals surface area contributed by atoms with Gasteiger partial charge in [0.2, 0.25) is 0 Å². The molecule has 0 aliphatic carbocycles. The zero-order valence-corrected chi connectivity index (χ0v) is 21.5. The Morgan fingerprint density at radius 2 is 1.94 bits per heavy atom. The second kappa shape index (κ2) is 9.80. The molecule has 2 aliphatic heterocycles. The van der Waals surface area contributed by atoms with E-state index in [2.05, 4.69) is 80.5 Å². The van der Waals surface area contributed by atoms with E-state index in [0.717, 1.165) is 38.2 Å². The van der Waals surface area contributed by atoms with Gasteiger partial charge < -0.3 is 14.8 Å². The van der Waals surface area contributed by atoms with Crippen molar-refractivity contribution in [2.24, 2.45) is 11.8 Å². The Kier molecular flexibility index (Phi) is 7.75. The van der Waals surface area contributed by atoms with E-state index in [1.807, 2.05) is 12.3 Å². The molecular weight excluding hydrogens is 424 g/mol. The maximum Gasteiger partial charge on any atom is 0.191 e. The molecule has 6 heteroatoms. The van der Waals surface area contributed by atoms with E-state index in [4.69, 9.17) is 16.0 Å². The lowest BCUT2D eigenvalue weighted by Gasteiger charge is -2.38. The van der Waals surface area contributed by atoms with Crippen LogP contribution in [0.2, 0.25) is 18.1 Å². The summed E-state index contributed by atoms with van der Waals surface area (Å²) in [5, 5.41) is 13.4. The minimum atomic E-state index is -1.77. The van der Waals surface area contributed by atoms with Crippen LogP contribution in [0.3, 0.4) is 0 Å². The number of alkyl halides is 1. The van der Waals surface area contributed by atoms with Crippen LogP contribution in [0.4, 0.5) is 0 Å². The van der Waals surface area contributed by atoms with Crippen molar-refractivity contribution in [2.75, 3.05) is 26.3 Å². The third-order valence-corrected chi connectivity index (χ3v) is 12.3. The molecular formula is C25H39ClN2O2Si. The van der Waals surface area contributed by atoms with Gasteiger partial charge in [0.25, 0.3) is 0 Å². The Balaban J connectivity index is 1.75. The van der Waals surface area contributed by atoms with Crippen LogP contribution in [-0.4, -0.2) is 49.6 Å². The monoisotopic (exact) mass is 462 g/mol. The molecule has 2 N–H and O–H groups in total. The number of halogens is 1. The van der Waals surface area contributed by atoms with Gasteiger partial charge in [0.1, 0.15) is 0 Å². The molecule has 172 valence electrons. The molecule has 31 heavy (non-hydrogen) atoms. The Labute approximate surface area is 194 Å². The van der Waals surface area contributed by atoms with Gasteiger partial charge >= 0.3 is 0 Å². The first kappa shape index (κ1) is 24.5. The summed E-state index contributed by atoms with van der Waals surface area (Å²) in [4.78, 5) is 1.60. The number of nitrogens with one attached hydrogen (secondary N) is 1. The van der Waals surface area contributed by atoms with Gasteiger partial charge in [0.05, 0.1) is 6.61 Å². The van der Waals surface area contributed by atoms with Crippen molar-refractivity contribution < 1.29 is 9.53 Å². The lowest BCUT2D eigenvalue weighted by Crippen LogP contribution is -2.47. The van der Waals surface area contributed by atoms with Crippen molar-refractivity contribution in [1.29, 1.82) is 0 Å². The van der Waals surface area contributed by atoms with Gasteiger partial charge in [-0.1, -0.05) is 68.8 Å². The summed E-state index contributed by atoms with van der Waals surface area (Å²) in [6.07, 6.45) is 6.91. The highest BCUT2D eigenvalue weighted by Crippen LogP contribution is 2.41. The summed E-state index contributed by atoms with van der Waals surface area (Å²) >= 11 is 6.82. The Bertz CT molecular complexity index is 790.